The zero-order valence-electron chi connectivity index (χ0n) is 14.0. The number of fused-ring (bicyclic) bond motifs is 2. The van der Waals surface area contributed by atoms with Crippen molar-refractivity contribution in [3.8, 4) is 0 Å². The first-order chi connectivity index (χ1) is 12.5. The fourth-order valence-corrected chi connectivity index (χ4v) is 3.27. The number of carbonyl (C=O) groups excluding carboxylic acids is 1. The van der Waals surface area contributed by atoms with Gasteiger partial charge in [0.2, 0.25) is 0 Å². The second-order valence-corrected chi connectivity index (χ2v) is 6.41. The third kappa shape index (κ3) is 2.82. The highest BCUT2D eigenvalue weighted by atomic mass is 32.1. The van der Waals surface area contributed by atoms with Crippen molar-refractivity contribution in [1.29, 1.82) is 0 Å². The van der Waals surface area contributed by atoms with Gasteiger partial charge in [-0.15, -0.1) is 0 Å². The van der Waals surface area contributed by atoms with Crippen LogP contribution in [0.4, 0.5) is 5.69 Å². The summed E-state index contributed by atoms with van der Waals surface area (Å²) in [4.78, 5) is 29.9. The summed E-state index contributed by atoms with van der Waals surface area (Å²) in [5.74, 6) is -0.249. The van der Waals surface area contributed by atoms with E-state index < -0.39 is 0 Å². The summed E-state index contributed by atoms with van der Waals surface area (Å²) in [6, 6.07) is 12.7. The number of aromatic amines is 2. The number of nitrogens with zero attached hydrogens (tertiary/aromatic N) is 1. The lowest BCUT2D eigenvalue weighted by Crippen LogP contribution is -2.13. The van der Waals surface area contributed by atoms with Gasteiger partial charge in [0, 0.05) is 34.9 Å². The first-order valence-corrected chi connectivity index (χ1v) is 8.62. The lowest BCUT2D eigenvalue weighted by atomic mass is 10.1. The van der Waals surface area contributed by atoms with Gasteiger partial charge in [-0.05, 0) is 61.6 Å². The molecule has 130 valence electrons. The van der Waals surface area contributed by atoms with Gasteiger partial charge >= 0.3 is 0 Å². The van der Waals surface area contributed by atoms with Gasteiger partial charge in [-0.2, -0.15) is 0 Å². The zero-order chi connectivity index (χ0) is 18.3. The maximum absolute atomic E-state index is 12.6. The number of aromatic nitrogens is 3. The van der Waals surface area contributed by atoms with E-state index in [-0.39, 0.29) is 16.2 Å². The van der Waals surface area contributed by atoms with Gasteiger partial charge in [-0.25, -0.2) is 0 Å². The highest BCUT2D eigenvalue weighted by molar-refractivity contribution is 7.71. The number of hydrogen-bond acceptors (Lipinski definition) is 3. The van der Waals surface area contributed by atoms with Crippen molar-refractivity contribution >= 4 is 45.6 Å². The van der Waals surface area contributed by atoms with Gasteiger partial charge in [-0.1, -0.05) is 0 Å². The molecular weight excluding hydrogens is 348 g/mol. The van der Waals surface area contributed by atoms with Crippen molar-refractivity contribution in [2.75, 3.05) is 5.32 Å². The maximum Gasteiger partial charge on any atom is 0.259 e. The van der Waals surface area contributed by atoms with Crippen LogP contribution in [0, 0.1) is 4.77 Å². The Labute approximate surface area is 153 Å². The van der Waals surface area contributed by atoms with Crippen LogP contribution in [-0.4, -0.2) is 20.4 Å². The maximum atomic E-state index is 12.6. The van der Waals surface area contributed by atoms with E-state index in [4.69, 9.17) is 12.2 Å². The van der Waals surface area contributed by atoms with Crippen LogP contribution in [0.15, 0.2) is 53.5 Å². The van der Waals surface area contributed by atoms with E-state index in [9.17, 15) is 9.59 Å². The Hall–Kier alpha value is -3.19. The number of rotatable bonds is 3. The van der Waals surface area contributed by atoms with Crippen molar-refractivity contribution in [3.63, 3.8) is 0 Å². The van der Waals surface area contributed by atoms with Gasteiger partial charge in [0.05, 0.1) is 10.9 Å². The minimum atomic E-state index is -0.276. The van der Waals surface area contributed by atoms with Crippen LogP contribution in [0.3, 0.4) is 0 Å². The highest BCUT2D eigenvalue weighted by Crippen LogP contribution is 2.21. The van der Waals surface area contributed by atoms with Crippen LogP contribution in [0.1, 0.15) is 17.3 Å². The molecule has 0 saturated heterocycles. The van der Waals surface area contributed by atoms with Crippen molar-refractivity contribution in [2.45, 2.75) is 13.5 Å². The van der Waals surface area contributed by atoms with Gasteiger partial charge in [0.1, 0.15) is 0 Å². The summed E-state index contributed by atoms with van der Waals surface area (Å²) in [5, 5.41) is 4.42. The fourth-order valence-electron chi connectivity index (χ4n) is 3.07. The van der Waals surface area contributed by atoms with Crippen molar-refractivity contribution < 1.29 is 4.79 Å². The second-order valence-electron chi connectivity index (χ2n) is 6.00. The average molecular weight is 364 g/mol. The van der Waals surface area contributed by atoms with Crippen LogP contribution < -0.4 is 10.9 Å². The molecule has 0 aliphatic heterocycles. The molecule has 1 amide bonds. The third-order valence-electron chi connectivity index (χ3n) is 4.37. The number of aryl methyl sites for hydroxylation is 1. The molecule has 0 fully saturated rings. The lowest BCUT2D eigenvalue weighted by Gasteiger charge is -2.07. The number of amides is 1. The van der Waals surface area contributed by atoms with E-state index in [1.165, 1.54) is 0 Å². The second kappa shape index (κ2) is 6.27. The van der Waals surface area contributed by atoms with E-state index in [0.29, 0.717) is 16.5 Å². The molecule has 0 saturated carbocycles. The molecule has 4 rings (SSSR count). The van der Waals surface area contributed by atoms with Gasteiger partial charge in [0.15, 0.2) is 4.77 Å². The predicted molar refractivity (Wildman–Crippen MR) is 105 cm³/mol. The molecular formula is C19H16N4O2S. The molecule has 0 spiro atoms. The Bertz CT molecular complexity index is 1270. The van der Waals surface area contributed by atoms with Crippen LogP contribution in [-0.2, 0) is 6.54 Å². The molecule has 0 unspecified atom stereocenters. The van der Waals surface area contributed by atoms with Crippen LogP contribution in [0.5, 0.6) is 0 Å². The molecule has 0 radical (unpaired) electrons. The summed E-state index contributed by atoms with van der Waals surface area (Å²) in [7, 11) is 0. The number of carbonyl (C=O) groups is 1. The molecule has 6 nitrogen and oxygen atoms in total. The molecule has 26 heavy (non-hydrogen) atoms. The Morgan fingerprint density at radius 3 is 2.81 bits per heavy atom. The lowest BCUT2D eigenvalue weighted by molar-refractivity contribution is 0.102. The van der Waals surface area contributed by atoms with E-state index in [1.54, 1.807) is 18.2 Å². The Morgan fingerprint density at radius 2 is 2.00 bits per heavy atom. The normalized spacial score (nSPS) is 11.1. The third-order valence-corrected chi connectivity index (χ3v) is 4.58. The zero-order valence-corrected chi connectivity index (χ0v) is 14.8. The van der Waals surface area contributed by atoms with Gasteiger partial charge < -0.3 is 14.9 Å². The SMILES string of the molecule is CCn1ccc2cc(NC(=O)c3ccc4c(=O)[nH]c(=S)[nH]c4c3)ccc21. The molecule has 2 aromatic carbocycles. The summed E-state index contributed by atoms with van der Waals surface area (Å²) in [6.07, 6.45) is 2.03. The number of hydrogen-bond donors (Lipinski definition) is 3. The Morgan fingerprint density at radius 1 is 1.15 bits per heavy atom. The summed E-state index contributed by atoms with van der Waals surface area (Å²) >= 11 is 4.98. The van der Waals surface area contributed by atoms with Crippen molar-refractivity contribution in [2.24, 2.45) is 0 Å². The first-order valence-electron chi connectivity index (χ1n) is 8.22. The molecule has 0 atom stereocenters. The van der Waals surface area contributed by atoms with Crippen molar-refractivity contribution in [1.82, 2.24) is 14.5 Å². The smallest absolute Gasteiger partial charge is 0.259 e. The number of H-pyrrole nitrogens is 2. The Kier molecular flexibility index (Phi) is 3.93. The van der Waals surface area contributed by atoms with E-state index in [0.717, 1.165) is 23.1 Å². The topological polar surface area (TPSA) is 82.7 Å². The van der Waals surface area contributed by atoms with Gasteiger partial charge in [0.25, 0.3) is 11.5 Å². The molecule has 2 heterocycles. The minimum Gasteiger partial charge on any atom is -0.348 e. The monoisotopic (exact) mass is 364 g/mol. The summed E-state index contributed by atoms with van der Waals surface area (Å²) in [5.41, 5.74) is 2.54. The number of benzene rings is 2. The number of anilines is 1. The first kappa shape index (κ1) is 16.3. The summed E-state index contributed by atoms with van der Waals surface area (Å²) in [6.45, 7) is 2.98. The van der Waals surface area contributed by atoms with E-state index >= 15 is 0 Å². The van der Waals surface area contributed by atoms with E-state index in [2.05, 4.69) is 26.8 Å². The van der Waals surface area contributed by atoms with Crippen LogP contribution in [0.2, 0.25) is 0 Å². The average Bonchev–Trinajstić information content (AvgIpc) is 3.03. The van der Waals surface area contributed by atoms with Crippen LogP contribution >= 0.6 is 12.2 Å². The fraction of sp³-hybridized carbons (Fsp3) is 0.105. The predicted octanol–water partition coefficient (Wildman–Crippen LogP) is 3.81. The van der Waals surface area contributed by atoms with Crippen LogP contribution in [0.25, 0.3) is 21.8 Å². The molecule has 0 aliphatic rings. The largest absolute Gasteiger partial charge is 0.348 e. The molecule has 0 bridgehead atoms. The minimum absolute atomic E-state index is 0.228. The Balaban J connectivity index is 1.66. The van der Waals surface area contributed by atoms with Gasteiger partial charge in [-0.3, -0.25) is 14.6 Å². The van der Waals surface area contributed by atoms with E-state index in [1.807, 2.05) is 30.5 Å². The molecule has 2 aromatic heterocycles. The molecule has 7 heteroatoms. The number of nitrogens with one attached hydrogen (secondary N) is 3. The highest BCUT2D eigenvalue weighted by Gasteiger charge is 2.10. The molecule has 0 aliphatic carbocycles. The quantitative estimate of drug-likeness (QED) is 0.483. The molecule has 4 aromatic rings. The molecule has 3 N–H and O–H groups in total. The summed E-state index contributed by atoms with van der Waals surface area (Å²) < 4.78 is 2.37. The standard InChI is InChI=1S/C19H16N4O2S/c1-2-23-8-7-11-9-13(4-6-16(11)23)20-17(24)12-3-5-14-15(10-12)21-19(26)22-18(14)25/h3-10H,2H2,1H3,(H,20,24)(H2,21,22,25,26). The van der Waals surface area contributed by atoms with Crippen molar-refractivity contribution in [3.05, 3.63) is 69.3 Å².